The predicted octanol–water partition coefficient (Wildman–Crippen LogP) is 7.08. The minimum atomic E-state index is -1.62. The van der Waals surface area contributed by atoms with Gasteiger partial charge >= 0.3 is 0 Å². The van der Waals surface area contributed by atoms with Crippen LogP contribution in [0.4, 0.5) is 0 Å². The molecule has 1 fully saturated rings. The van der Waals surface area contributed by atoms with Crippen molar-refractivity contribution in [3.05, 3.63) is 36.0 Å². The van der Waals surface area contributed by atoms with Gasteiger partial charge in [0.15, 0.2) is 12.4 Å². The monoisotopic (exact) mass is 754 g/mol. The van der Waals surface area contributed by atoms with Crippen LogP contribution in [-0.2, 0) is 14.3 Å². The molecule has 7 N–H and O–H groups in total. The normalized spacial score (nSPS) is 22.8. The lowest BCUT2D eigenvalue weighted by molar-refractivity contribution is -0.302. The van der Waals surface area contributed by atoms with Crippen LogP contribution in [-0.4, -0.2) is 98.7 Å². The molecular formula is C43H79NO9. The molecule has 0 aromatic carbocycles. The third kappa shape index (κ3) is 23.8. The zero-order chi connectivity index (χ0) is 39.1. The molecule has 1 heterocycles. The van der Waals surface area contributed by atoms with Crippen LogP contribution in [0.2, 0.25) is 0 Å². The molecule has 53 heavy (non-hydrogen) atoms. The fourth-order valence-electron chi connectivity index (χ4n) is 6.57. The lowest BCUT2D eigenvalue weighted by Gasteiger charge is -2.40. The lowest BCUT2D eigenvalue weighted by Crippen LogP contribution is -2.60. The van der Waals surface area contributed by atoms with Gasteiger partial charge in [-0.2, -0.15) is 0 Å². The number of hydrogen-bond acceptors (Lipinski definition) is 9. The van der Waals surface area contributed by atoms with E-state index in [2.05, 4.69) is 32.2 Å². The van der Waals surface area contributed by atoms with Crippen LogP contribution in [0.3, 0.4) is 0 Å². The highest BCUT2D eigenvalue weighted by molar-refractivity contribution is 5.82. The zero-order valence-electron chi connectivity index (χ0n) is 33.6. The molecule has 1 aliphatic rings. The Kier molecular flexibility index (Phi) is 30.4. The molecule has 1 amide bonds. The molecule has 8 atom stereocenters. The van der Waals surface area contributed by atoms with Crippen molar-refractivity contribution in [1.29, 1.82) is 0 Å². The number of unbranched alkanes of at least 4 members (excludes halogenated alkanes) is 19. The van der Waals surface area contributed by atoms with Crippen molar-refractivity contribution in [3.63, 3.8) is 0 Å². The van der Waals surface area contributed by atoms with E-state index < -0.39 is 61.5 Å². The Balaban J connectivity index is 2.59. The van der Waals surface area contributed by atoms with Crippen LogP contribution in [0.25, 0.3) is 0 Å². The summed E-state index contributed by atoms with van der Waals surface area (Å²) in [5.74, 6) is -0.713. The third-order valence-electron chi connectivity index (χ3n) is 10.2. The van der Waals surface area contributed by atoms with E-state index in [4.69, 9.17) is 9.47 Å². The smallest absolute Gasteiger partial charge is 0.253 e. The van der Waals surface area contributed by atoms with Gasteiger partial charge in [-0.3, -0.25) is 4.79 Å². The molecule has 310 valence electrons. The molecule has 1 saturated heterocycles. The minimum Gasteiger partial charge on any atom is -0.394 e. The van der Waals surface area contributed by atoms with Gasteiger partial charge in [0.2, 0.25) is 0 Å². The van der Waals surface area contributed by atoms with Gasteiger partial charge in [0.05, 0.1) is 25.4 Å². The zero-order valence-corrected chi connectivity index (χ0v) is 33.6. The first kappa shape index (κ1) is 49.4. The molecule has 0 aromatic heterocycles. The van der Waals surface area contributed by atoms with E-state index in [9.17, 15) is 35.4 Å². The highest BCUT2D eigenvalue weighted by atomic mass is 16.7. The van der Waals surface area contributed by atoms with Gasteiger partial charge in [0.25, 0.3) is 5.91 Å². The largest absolute Gasteiger partial charge is 0.394 e. The summed E-state index contributed by atoms with van der Waals surface area (Å²) in [5, 5.41) is 64.4. The lowest BCUT2D eigenvalue weighted by atomic mass is 9.99. The van der Waals surface area contributed by atoms with E-state index in [1.807, 2.05) is 6.08 Å². The summed E-state index contributed by atoms with van der Waals surface area (Å²) in [6.07, 6.45) is 26.3. The Hall–Kier alpha value is -1.63. The van der Waals surface area contributed by atoms with Crippen molar-refractivity contribution < 1.29 is 44.9 Å². The second-order valence-electron chi connectivity index (χ2n) is 15.1. The van der Waals surface area contributed by atoms with Crippen molar-refractivity contribution in [3.8, 4) is 0 Å². The maximum Gasteiger partial charge on any atom is 0.253 e. The number of ether oxygens (including phenoxy) is 2. The Morgan fingerprint density at radius 1 is 0.698 bits per heavy atom. The van der Waals surface area contributed by atoms with E-state index in [0.29, 0.717) is 6.42 Å². The van der Waals surface area contributed by atoms with Gasteiger partial charge in [-0.05, 0) is 45.4 Å². The molecule has 0 aliphatic carbocycles. The maximum atomic E-state index is 13.0. The molecule has 0 spiro atoms. The summed E-state index contributed by atoms with van der Waals surface area (Å²) in [5.41, 5.74) is 1.35. The average molecular weight is 754 g/mol. The first-order chi connectivity index (χ1) is 25.7. The number of carbonyl (C=O) groups is 1. The van der Waals surface area contributed by atoms with Gasteiger partial charge < -0.3 is 45.4 Å². The van der Waals surface area contributed by atoms with Crippen LogP contribution in [0, 0.1) is 0 Å². The summed E-state index contributed by atoms with van der Waals surface area (Å²) in [7, 11) is 0. The van der Waals surface area contributed by atoms with Crippen LogP contribution < -0.4 is 5.32 Å². The highest BCUT2D eigenvalue weighted by Crippen LogP contribution is 2.22. The molecule has 10 nitrogen and oxygen atoms in total. The van der Waals surface area contributed by atoms with E-state index in [0.717, 1.165) is 32.1 Å². The van der Waals surface area contributed by atoms with Crippen molar-refractivity contribution >= 4 is 5.91 Å². The van der Waals surface area contributed by atoms with Gasteiger partial charge in [-0.15, -0.1) is 0 Å². The molecule has 0 bridgehead atoms. The van der Waals surface area contributed by atoms with Gasteiger partial charge in [0, 0.05) is 0 Å². The Morgan fingerprint density at radius 2 is 1.23 bits per heavy atom. The molecule has 0 saturated carbocycles. The number of carbonyl (C=O) groups excluding carboxylic acids is 1. The van der Waals surface area contributed by atoms with Gasteiger partial charge in [-0.25, -0.2) is 0 Å². The summed E-state index contributed by atoms with van der Waals surface area (Å²) >= 11 is 0. The van der Waals surface area contributed by atoms with Crippen molar-refractivity contribution in [2.24, 2.45) is 0 Å². The molecule has 1 aliphatic heterocycles. The van der Waals surface area contributed by atoms with Crippen LogP contribution in [0.15, 0.2) is 36.0 Å². The quantitative estimate of drug-likeness (QED) is 0.0274. The standard InChI is InChI=1S/C43H79NO9/c1-4-6-8-10-12-13-14-15-16-17-18-20-22-26-31-37(47)42(51)44-35(33-52-43-41(50)40(49)39(48)38(32-45)53-43)36(46)30-27-23-25-29-34(3)28-24-21-19-11-9-7-5-2/h26-27,29-31,35-41,43,45-50H,4-25,28,32-33H2,1-3H3,(H,44,51)/b30-27+,31-26+,34-29+/t35-,36+,37+,38-,39-,40+,41+,43+/m0/s1. The summed E-state index contributed by atoms with van der Waals surface area (Å²) in [4.78, 5) is 13.0. The summed E-state index contributed by atoms with van der Waals surface area (Å²) in [6, 6.07) is -1.03. The molecular weight excluding hydrogens is 674 g/mol. The third-order valence-corrected chi connectivity index (χ3v) is 10.2. The number of allylic oxidation sites excluding steroid dienone is 4. The van der Waals surface area contributed by atoms with Crippen molar-refractivity contribution in [2.45, 2.75) is 217 Å². The Morgan fingerprint density at radius 3 is 1.79 bits per heavy atom. The van der Waals surface area contributed by atoms with E-state index in [1.165, 1.54) is 121 Å². The van der Waals surface area contributed by atoms with Crippen LogP contribution in [0.5, 0.6) is 0 Å². The van der Waals surface area contributed by atoms with E-state index >= 15 is 0 Å². The number of rotatable bonds is 33. The van der Waals surface area contributed by atoms with E-state index in [-0.39, 0.29) is 6.61 Å². The summed E-state index contributed by atoms with van der Waals surface area (Å²) < 4.78 is 11.1. The fraction of sp³-hybridized carbons (Fsp3) is 0.837. The molecule has 0 aromatic rings. The summed E-state index contributed by atoms with van der Waals surface area (Å²) in [6.45, 7) is 5.67. The SMILES string of the molecule is CCCCCCCCCCCCCC/C=C/[C@@H](O)C(=O)N[C@@H](CO[C@@H]1O[C@@H](CO)[C@H](O)[C@@H](O)[C@H]1O)[C@H](O)/C=C/CC/C=C(\C)CCCCCCCCC. The second-order valence-corrected chi connectivity index (χ2v) is 15.1. The van der Waals surface area contributed by atoms with Gasteiger partial charge in [0.1, 0.15) is 24.4 Å². The number of aliphatic hydroxyl groups is 6. The predicted molar refractivity (Wildman–Crippen MR) is 213 cm³/mol. The highest BCUT2D eigenvalue weighted by Gasteiger charge is 2.44. The Labute approximate surface area is 322 Å². The first-order valence-corrected chi connectivity index (χ1v) is 21.2. The van der Waals surface area contributed by atoms with Crippen molar-refractivity contribution in [2.75, 3.05) is 13.2 Å². The molecule has 1 rings (SSSR count). The average Bonchev–Trinajstić information content (AvgIpc) is 3.15. The molecule has 0 unspecified atom stereocenters. The van der Waals surface area contributed by atoms with Crippen molar-refractivity contribution in [1.82, 2.24) is 5.32 Å². The number of aliphatic hydroxyl groups excluding tert-OH is 6. The number of nitrogens with one attached hydrogen (secondary N) is 1. The second kappa shape index (κ2) is 32.6. The van der Waals surface area contributed by atoms with Crippen LogP contribution in [0.1, 0.15) is 168 Å². The van der Waals surface area contributed by atoms with E-state index in [1.54, 1.807) is 12.2 Å². The van der Waals surface area contributed by atoms with Crippen LogP contribution >= 0.6 is 0 Å². The minimum absolute atomic E-state index is 0.341. The number of hydrogen-bond donors (Lipinski definition) is 7. The first-order valence-electron chi connectivity index (χ1n) is 21.2. The fourth-order valence-corrected chi connectivity index (χ4v) is 6.57. The number of amides is 1. The Bertz CT molecular complexity index is 971. The topological polar surface area (TPSA) is 169 Å². The molecule has 0 radical (unpaired) electrons. The maximum absolute atomic E-state index is 13.0. The molecule has 10 heteroatoms. The van der Waals surface area contributed by atoms with Gasteiger partial charge in [-0.1, -0.05) is 159 Å².